The molecule has 0 aromatic heterocycles. The van der Waals surface area contributed by atoms with Gasteiger partial charge in [-0.2, -0.15) is 0 Å². The largest absolute Gasteiger partial charge is 0.0843 e. The molecule has 2 heteroatoms. The summed E-state index contributed by atoms with van der Waals surface area (Å²) in [5, 5.41) is 0.792. The number of alkyl halides is 1. The second-order valence-electron chi connectivity index (χ2n) is 5.76. The lowest BCUT2D eigenvalue weighted by Gasteiger charge is -2.13. The van der Waals surface area contributed by atoms with Gasteiger partial charge in [-0.15, -0.1) is 0 Å². The molecule has 0 saturated heterocycles. The molecule has 0 spiro atoms. The fourth-order valence-electron chi connectivity index (χ4n) is 2.40. The van der Waals surface area contributed by atoms with Crippen molar-refractivity contribution < 1.29 is 0 Å². The van der Waals surface area contributed by atoms with E-state index in [1.165, 1.54) is 22.3 Å². The first kappa shape index (κ1) is 15.6. The summed E-state index contributed by atoms with van der Waals surface area (Å²) in [5.41, 5.74) is 5.05. The molecule has 2 rings (SSSR count). The minimum Gasteiger partial charge on any atom is -0.0843 e. The molecule has 0 N–H and O–H groups in total. The van der Waals surface area contributed by atoms with Crippen LogP contribution in [0.2, 0.25) is 5.02 Å². The Balaban J connectivity index is 2.22. The van der Waals surface area contributed by atoms with E-state index in [1.54, 1.807) is 0 Å². The Kier molecular flexibility index (Phi) is 5.29. The van der Waals surface area contributed by atoms with Crippen LogP contribution in [0.5, 0.6) is 0 Å². The van der Waals surface area contributed by atoms with E-state index in [-0.39, 0.29) is 4.83 Å². The van der Waals surface area contributed by atoms with Gasteiger partial charge in [0.05, 0.1) is 4.83 Å². The molecule has 0 heterocycles. The molecular formula is C18H20BrCl. The first-order valence-electron chi connectivity index (χ1n) is 6.95. The first-order chi connectivity index (χ1) is 9.45. The molecule has 2 aromatic carbocycles. The summed E-state index contributed by atoms with van der Waals surface area (Å²) in [6.45, 7) is 6.56. The fraction of sp³-hybridized carbons (Fsp3) is 0.333. The van der Waals surface area contributed by atoms with E-state index < -0.39 is 0 Å². The van der Waals surface area contributed by atoms with Gasteiger partial charge in [-0.25, -0.2) is 0 Å². The van der Waals surface area contributed by atoms with Crippen LogP contribution in [0.4, 0.5) is 0 Å². The van der Waals surface area contributed by atoms with E-state index in [4.69, 9.17) is 11.6 Å². The van der Waals surface area contributed by atoms with Gasteiger partial charge >= 0.3 is 0 Å². The molecule has 0 radical (unpaired) electrons. The summed E-state index contributed by atoms with van der Waals surface area (Å²) >= 11 is 9.92. The summed E-state index contributed by atoms with van der Waals surface area (Å²) in [6, 6.07) is 15.0. The molecule has 106 valence electrons. The molecule has 0 aliphatic carbocycles. The predicted molar refractivity (Wildman–Crippen MR) is 91.9 cm³/mol. The monoisotopic (exact) mass is 350 g/mol. The van der Waals surface area contributed by atoms with Crippen molar-refractivity contribution in [3.63, 3.8) is 0 Å². The van der Waals surface area contributed by atoms with E-state index >= 15 is 0 Å². The molecule has 0 nitrogen and oxygen atoms in total. The summed E-state index contributed by atoms with van der Waals surface area (Å²) < 4.78 is 0. The number of aryl methyl sites for hydroxylation is 1. The van der Waals surface area contributed by atoms with Gasteiger partial charge in [0, 0.05) is 5.02 Å². The van der Waals surface area contributed by atoms with Crippen molar-refractivity contribution in [1.29, 1.82) is 0 Å². The van der Waals surface area contributed by atoms with Crippen LogP contribution in [0.15, 0.2) is 42.5 Å². The van der Waals surface area contributed by atoms with Crippen LogP contribution < -0.4 is 0 Å². The van der Waals surface area contributed by atoms with Crippen molar-refractivity contribution in [2.75, 3.05) is 0 Å². The molecule has 1 atom stereocenters. The third-order valence-electron chi connectivity index (χ3n) is 3.27. The van der Waals surface area contributed by atoms with Crippen LogP contribution in [0.25, 0.3) is 0 Å². The van der Waals surface area contributed by atoms with Crippen molar-refractivity contribution in [1.82, 2.24) is 0 Å². The smallest absolute Gasteiger partial charge is 0.0645 e. The third kappa shape index (κ3) is 4.10. The lowest BCUT2D eigenvalue weighted by atomic mass is 9.98. The molecule has 0 aliphatic rings. The Bertz CT molecular complexity index is 552. The number of hydrogen-bond acceptors (Lipinski definition) is 0. The van der Waals surface area contributed by atoms with Crippen LogP contribution in [-0.2, 0) is 6.42 Å². The average Bonchev–Trinajstić information content (AvgIpc) is 2.37. The number of benzene rings is 2. The van der Waals surface area contributed by atoms with E-state index in [0.29, 0.717) is 5.92 Å². The maximum atomic E-state index is 6.14. The highest BCUT2D eigenvalue weighted by Gasteiger charge is 2.11. The average molecular weight is 352 g/mol. The molecule has 20 heavy (non-hydrogen) atoms. The van der Waals surface area contributed by atoms with Gasteiger partial charge in [0.15, 0.2) is 0 Å². The second kappa shape index (κ2) is 6.78. The molecule has 0 saturated carbocycles. The van der Waals surface area contributed by atoms with Gasteiger partial charge < -0.3 is 0 Å². The fourth-order valence-corrected chi connectivity index (χ4v) is 3.27. The van der Waals surface area contributed by atoms with Crippen molar-refractivity contribution in [2.45, 2.75) is 32.0 Å². The minimum atomic E-state index is 0.188. The molecule has 0 fully saturated rings. The zero-order chi connectivity index (χ0) is 14.7. The first-order valence-corrected chi connectivity index (χ1v) is 8.25. The Morgan fingerprint density at radius 3 is 2.20 bits per heavy atom. The Morgan fingerprint density at radius 1 is 1.00 bits per heavy atom. The zero-order valence-corrected chi connectivity index (χ0v) is 14.5. The molecule has 0 aliphatic heterocycles. The van der Waals surface area contributed by atoms with Gasteiger partial charge in [0.1, 0.15) is 0 Å². The Hall–Kier alpha value is -0.790. The van der Waals surface area contributed by atoms with Crippen LogP contribution >= 0.6 is 27.5 Å². The quantitative estimate of drug-likeness (QED) is 0.564. The SMILES string of the molecule is Cc1cc(Cl)cc(C(Br)c2ccc(CC(C)C)cc2)c1. The molecule has 1 unspecified atom stereocenters. The van der Waals surface area contributed by atoms with E-state index in [2.05, 4.69) is 67.0 Å². The van der Waals surface area contributed by atoms with Gasteiger partial charge in [0.25, 0.3) is 0 Å². The van der Waals surface area contributed by atoms with Gasteiger partial charge in [-0.1, -0.05) is 71.7 Å². The van der Waals surface area contributed by atoms with Gasteiger partial charge in [-0.3, -0.25) is 0 Å². The summed E-state index contributed by atoms with van der Waals surface area (Å²) in [7, 11) is 0. The maximum absolute atomic E-state index is 6.14. The second-order valence-corrected chi connectivity index (χ2v) is 7.12. The molecule has 2 aromatic rings. The molecule has 0 bridgehead atoms. The van der Waals surface area contributed by atoms with Crippen molar-refractivity contribution >= 4 is 27.5 Å². The van der Waals surface area contributed by atoms with E-state index in [9.17, 15) is 0 Å². The van der Waals surface area contributed by atoms with Crippen LogP contribution in [0.3, 0.4) is 0 Å². The Morgan fingerprint density at radius 2 is 1.65 bits per heavy atom. The van der Waals surface area contributed by atoms with Gasteiger partial charge in [0.2, 0.25) is 0 Å². The minimum absolute atomic E-state index is 0.188. The van der Waals surface area contributed by atoms with Crippen LogP contribution in [-0.4, -0.2) is 0 Å². The number of halogens is 2. The summed E-state index contributed by atoms with van der Waals surface area (Å²) in [4.78, 5) is 0.188. The van der Waals surface area contributed by atoms with Crippen molar-refractivity contribution in [2.24, 2.45) is 5.92 Å². The highest BCUT2D eigenvalue weighted by atomic mass is 79.9. The standard InChI is InChI=1S/C18H20BrCl/c1-12(2)8-14-4-6-15(7-5-14)18(19)16-9-13(3)10-17(20)11-16/h4-7,9-12,18H,8H2,1-3H3. The van der Waals surface area contributed by atoms with Crippen LogP contribution in [0, 0.1) is 12.8 Å². The van der Waals surface area contributed by atoms with Crippen molar-refractivity contribution in [3.05, 3.63) is 69.7 Å². The number of rotatable bonds is 4. The summed E-state index contributed by atoms with van der Waals surface area (Å²) in [6.07, 6.45) is 1.13. The normalized spacial score (nSPS) is 12.7. The van der Waals surface area contributed by atoms with E-state index in [0.717, 1.165) is 11.4 Å². The van der Waals surface area contributed by atoms with E-state index in [1.807, 2.05) is 12.1 Å². The zero-order valence-electron chi connectivity index (χ0n) is 12.2. The molecule has 0 amide bonds. The third-order valence-corrected chi connectivity index (χ3v) is 4.55. The van der Waals surface area contributed by atoms with Crippen LogP contribution in [0.1, 0.15) is 40.9 Å². The Labute approximate surface area is 135 Å². The van der Waals surface area contributed by atoms with Crippen molar-refractivity contribution in [3.8, 4) is 0 Å². The summed E-state index contributed by atoms with van der Waals surface area (Å²) in [5.74, 6) is 0.691. The van der Waals surface area contributed by atoms with Gasteiger partial charge in [-0.05, 0) is 53.6 Å². The highest BCUT2D eigenvalue weighted by molar-refractivity contribution is 9.09. The maximum Gasteiger partial charge on any atom is 0.0645 e. The number of hydrogen-bond donors (Lipinski definition) is 0. The lowest BCUT2D eigenvalue weighted by molar-refractivity contribution is 0.647. The lowest BCUT2D eigenvalue weighted by Crippen LogP contribution is -1.97. The highest BCUT2D eigenvalue weighted by Crippen LogP contribution is 2.33. The predicted octanol–water partition coefficient (Wildman–Crippen LogP) is 6.33. The topological polar surface area (TPSA) is 0 Å². The molecular weight excluding hydrogens is 332 g/mol.